The molecule has 0 bridgehead atoms. The van der Waals surface area contributed by atoms with Gasteiger partial charge in [-0.2, -0.15) is 0 Å². The van der Waals surface area contributed by atoms with Crippen molar-refractivity contribution in [3.8, 4) is 0 Å². The quantitative estimate of drug-likeness (QED) is 0.585. The fourth-order valence-corrected chi connectivity index (χ4v) is 2.26. The molecule has 1 saturated carbocycles. The average Bonchev–Trinajstić information content (AvgIpc) is 3.20. The molecule has 0 spiro atoms. The van der Waals surface area contributed by atoms with Gasteiger partial charge in [-0.15, -0.1) is 0 Å². The minimum Gasteiger partial charge on any atom is -0.396 e. The molecule has 5 heteroatoms. The topological polar surface area (TPSA) is 75.4 Å². The first-order valence-corrected chi connectivity index (χ1v) is 6.69. The van der Waals surface area contributed by atoms with Crippen molar-refractivity contribution in [1.82, 2.24) is 5.32 Å². The number of nitro benzene ring substituents is 1. The lowest BCUT2D eigenvalue weighted by Crippen LogP contribution is -2.30. The number of hydrogen-bond acceptors (Lipinski definition) is 4. The number of benzene rings is 1. The van der Waals surface area contributed by atoms with Crippen LogP contribution in [0.2, 0.25) is 0 Å². The Kier molecular flexibility index (Phi) is 4.17. The molecule has 0 radical (unpaired) electrons. The van der Waals surface area contributed by atoms with Gasteiger partial charge in [-0.25, -0.2) is 0 Å². The van der Waals surface area contributed by atoms with Crippen LogP contribution in [0.3, 0.4) is 0 Å². The van der Waals surface area contributed by atoms with Crippen molar-refractivity contribution in [3.63, 3.8) is 0 Å². The Labute approximate surface area is 112 Å². The second-order valence-electron chi connectivity index (χ2n) is 5.35. The van der Waals surface area contributed by atoms with E-state index in [-0.39, 0.29) is 28.7 Å². The summed E-state index contributed by atoms with van der Waals surface area (Å²) in [6.07, 6.45) is 2.98. The van der Waals surface area contributed by atoms with E-state index < -0.39 is 0 Å². The van der Waals surface area contributed by atoms with Gasteiger partial charge in [0.25, 0.3) is 5.69 Å². The highest BCUT2D eigenvalue weighted by atomic mass is 16.6. The zero-order valence-corrected chi connectivity index (χ0v) is 11.1. The van der Waals surface area contributed by atoms with Gasteiger partial charge in [-0.1, -0.05) is 19.1 Å². The van der Waals surface area contributed by atoms with Crippen LogP contribution in [-0.2, 0) is 0 Å². The highest BCUT2D eigenvalue weighted by molar-refractivity contribution is 5.35. The predicted molar refractivity (Wildman–Crippen MR) is 72.9 cm³/mol. The third-order valence-electron chi connectivity index (χ3n) is 3.91. The largest absolute Gasteiger partial charge is 0.396 e. The molecular weight excluding hydrogens is 244 g/mol. The van der Waals surface area contributed by atoms with E-state index in [0.29, 0.717) is 0 Å². The van der Waals surface area contributed by atoms with Crippen molar-refractivity contribution >= 4 is 5.69 Å². The molecule has 1 aromatic carbocycles. The average molecular weight is 264 g/mol. The monoisotopic (exact) mass is 264 g/mol. The zero-order chi connectivity index (χ0) is 13.9. The van der Waals surface area contributed by atoms with Gasteiger partial charge >= 0.3 is 0 Å². The molecule has 0 heterocycles. The SMILES string of the molecule is CCC(NCC1(CO)CC1)c1cccc([N+](=O)[O-])c1. The van der Waals surface area contributed by atoms with E-state index in [1.54, 1.807) is 12.1 Å². The molecule has 1 aromatic rings. The van der Waals surface area contributed by atoms with Crippen LogP contribution in [0.4, 0.5) is 5.69 Å². The maximum atomic E-state index is 10.8. The van der Waals surface area contributed by atoms with Crippen molar-refractivity contribution < 1.29 is 10.0 Å². The molecule has 0 aromatic heterocycles. The maximum absolute atomic E-state index is 10.8. The van der Waals surface area contributed by atoms with Gasteiger partial charge in [0.2, 0.25) is 0 Å². The third-order valence-corrected chi connectivity index (χ3v) is 3.91. The summed E-state index contributed by atoms with van der Waals surface area (Å²) < 4.78 is 0. The second kappa shape index (κ2) is 5.67. The highest BCUT2D eigenvalue weighted by Gasteiger charge is 2.41. The summed E-state index contributed by atoms with van der Waals surface area (Å²) in [7, 11) is 0. The fourth-order valence-electron chi connectivity index (χ4n) is 2.26. The smallest absolute Gasteiger partial charge is 0.269 e. The summed E-state index contributed by atoms with van der Waals surface area (Å²) in [6, 6.07) is 6.86. The molecule has 19 heavy (non-hydrogen) atoms. The molecule has 0 aliphatic heterocycles. The lowest BCUT2D eigenvalue weighted by molar-refractivity contribution is -0.384. The summed E-state index contributed by atoms with van der Waals surface area (Å²) in [5.41, 5.74) is 1.11. The van der Waals surface area contributed by atoms with E-state index >= 15 is 0 Å². The molecule has 1 atom stereocenters. The van der Waals surface area contributed by atoms with Crippen LogP contribution in [0.25, 0.3) is 0 Å². The van der Waals surface area contributed by atoms with Crippen LogP contribution < -0.4 is 5.32 Å². The molecule has 2 rings (SSSR count). The zero-order valence-electron chi connectivity index (χ0n) is 11.1. The number of non-ortho nitro benzene ring substituents is 1. The normalized spacial score (nSPS) is 18.0. The molecule has 1 aliphatic carbocycles. The van der Waals surface area contributed by atoms with Crippen LogP contribution in [0.5, 0.6) is 0 Å². The van der Waals surface area contributed by atoms with Gasteiger partial charge in [0.15, 0.2) is 0 Å². The fraction of sp³-hybridized carbons (Fsp3) is 0.571. The number of nitrogens with one attached hydrogen (secondary N) is 1. The highest BCUT2D eigenvalue weighted by Crippen LogP contribution is 2.44. The predicted octanol–water partition coefficient (Wildman–Crippen LogP) is 2.41. The summed E-state index contributed by atoms with van der Waals surface area (Å²) in [5, 5.41) is 23.5. The van der Waals surface area contributed by atoms with Crippen LogP contribution in [0.15, 0.2) is 24.3 Å². The van der Waals surface area contributed by atoms with Crippen LogP contribution in [0.1, 0.15) is 37.8 Å². The van der Waals surface area contributed by atoms with Gasteiger partial charge in [0, 0.05) is 36.7 Å². The molecule has 2 N–H and O–H groups in total. The van der Waals surface area contributed by atoms with Gasteiger partial charge in [0.1, 0.15) is 0 Å². The number of aliphatic hydroxyl groups is 1. The second-order valence-corrected chi connectivity index (χ2v) is 5.35. The van der Waals surface area contributed by atoms with Crippen molar-refractivity contribution in [2.75, 3.05) is 13.2 Å². The Morgan fingerprint density at radius 3 is 2.79 bits per heavy atom. The van der Waals surface area contributed by atoms with Crippen molar-refractivity contribution in [2.45, 2.75) is 32.2 Å². The van der Waals surface area contributed by atoms with Crippen LogP contribution >= 0.6 is 0 Å². The summed E-state index contributed by atoms with van der Waals surface area (Å²) >= 11 is 0. The van der Waals surface area contributed by atoms with E-state index in [9.17, 15) is 15.2 Å². The molecule has 5 nitrogen and oxygen atoms in total. The molecular formula is C14H20N2O3. The summed E-state index contributed by atoms with van der Waals surface area (Å²) in [4.78, 5) is 10.4. The maximum Gasteiger partial charge on any atom is 0.269 e. The van der Waals surface area contributed by atoms with Gasteiger partial charge in [0.05, 0.1) is 4.92 Å². The van der Waals surface area contributed by atoms with E-state index in [4.69, 9.17) is 0 Å². The van der Waals surface area contributed by atoms with E-state index in [2.05, 4.69) is 12.2 Å². The minimum atomic E-state index is -0.369. The molecule has 0 saturated heterocycles. The Morgan fingerprint density at radius 1 is 1.53 bits per heavy atom. The Hall–Kier alpha value is -1.46. The Morgan fingerprint density at radius 2 is 2.26 bits per heavy atom. The lowest BCUT2D eigenvalue weighted by atomic mass is 10.0. The molecule has 1 aliphatic rings. The number of nitrogens with zero attached hydrogens (tertiary/aromatic N) is 1. The van der Waals surface area contributed by atoms with Gasteiger partial charge < -0.3 is 10.4 Å². The molecule has 1 unspecified atom stereocenters. The van der Waals surface area contributed by atoms with Crippen molar-refractivity contribution in [1.29, 1.82) is 0 Å². The standard InChI is InChI=1S/C14H20N2O3/c1-2-13(15-9-14(10-17)6-7-14)11-4-3-5-12(8-11)16(18)19/h3-5,8,13,15,17H,2,6-7,9-10H2,1H3. The van der Waals surface area contributed by atoms with Gasteiger partial charge in [-0.3, -0.25) is 10.1 Å². The van der Waals surface area contributed by atoms with Crippen LogP contribution in [0, 0.1) is 15.5 Å². The number of nitro groups is 1. The number of rotatable bonds is 7. The van der Waals surface area contributed by atoms with Crippen LogP contribution in [-0.4, -0.2) is 23.2 Å². The Bertz CT molecular complexity index is 458. The van der Waals surface area contributed by atoms with E-state index in [1.807, 2.05) is 6.07 Å². The molecule has 104 valence electrons. The number of aliphatic hydroxyl groups excluding tert-OH is 1. The van der Waals surface area contributed by atoms with Crippen molar-refractivity contribution in [2.24, 2.45) is 5.41 Å². The van der Waals surface area contributed by atoms with E-state index in [1.165, 1.54) is 6.07 Å². The summed E-state index contributed by atoms with van der Waals surface area (Å²) in [5.74, 6) is 0. The lowest BCUT2D eigenvalue weighted by Gasteiger charge is -2.21. The summed E-state index contributed by atoms with van der Waals surface area (Å²) in [6.45, 7) is 3.03. The van der Waals surface area contributed by atoms with Crippen molar-refractivity contribution in [3.05, 3.63) is 39.9 Å². The van der Waals surface area contributed by atoms with Gasteiger partial charge in [-0.05, 0) is 24.8 Å². The van der Waals surface area contributed by atoms with E-state index in [0.717, 1.165) is 31.4 Å². The first kappa shape index (κ1) is 14.0. The number of hydrogen-bond donors (Lipinski definition) is 2. The molecule has 0 amide bonds. The Balaban J connectivity index is 2.04. The first-order chi connectivity index (χ1) is 9.10. The first-order valence-electron chi connectivity index (χ1n) is 6.69. The minimum absolute atomic E-state index is 0.0497. The molecule has 1 fully saturated rings. The third kappa shape index (κ3) is 3.30.